The van der Waals surface area contributed by atoms with Crippen molar-refractivity contribution in [2.75, 3.05) is 11.9 Å². The van der Waals surface area contributed by atoms with E-state index in [0.29, 0.717) is 6.42 Å². The molecule has 0 aliphatic carbocycles. The van der Waals surface area contributed by atoms with Gasteiger partial charge in [0, 0.05) is 25.1 Å². The molecule has 0 spiro atoms. The van der Waals surface area contributed by atoms with Crippen LogP contribution in [0.4, 0.5) is 5.69 Å². The molecule has 0 unspecified atom stereocenters. The Morgan fingerprint density at radius 3 is 2.48 bits per heavy atom. The molecule has 0 radical (unpaired) electrons. The van der Waals surface area contributed by atoms with Crippen molar-refractivity contribution in [1.82, 2.24) is 4.90 Å². The first-order chi connectivity index (χ1) is 12.9. The van der Waals surface area contributed by atoms with E-state index in [9.17, 15) is 9.59 Å². The van der Waals surface area contributed by atoms with E-state index in [1.807, 2.05) is 49.5 Å². The molecular formula is C22H24N2O3. The van der Waals surface area contributed by atoms with Crippen molar-refractivity contribution in [1.29, 1.82) is 0 Å². The Labute approximate surface area is 159 Å². The van der Waals surface area contributed by atoms with E-state index in [1.54, 1.807) is 4.90 Å². The van der Waals surface area contributed by atoms with Gasteiger partial charge in [0.25, 0.3) is 0 Å². The maximum absolute atomic E-state index is 12.9. The number of likely N-dealkylation sites (tertiary alicyclic amines) is 1. The van der Waals surface area contributed by atoms with Crippen LogP contribution < -0.4 is 4.90 Å². The molecule has 5 nitrogen and oxygen atoms in total. The van der Waals surface area contributed by atoms with E-state index in [2.05, 4.69) is 24.0 Å². The first-order valence-corrected chi connectivity index (χ1v) is 9.25. The standard InChI is InChI=1S/C22H24N2O3/c1-15(25)24-19(20(26)27-14-16-9-5-4-6-10-16)13-22(2)17-11-7-8-12-18(17)23(3)21(22)24/h4-12,19,21H,13-14H2,1-3H3/t19-,21-,22-/m0/s1. The number of likely N-dealkylation sites (N-methyl/N-ethyl adjacent to an activating group) is 1. The van der Waals surface area contributed by atoms with E-state index >= 15 is 0 Å². The molecule has 1 saturated heterocycles. The van der Waals surface area contributed by atoms with Crippen LogP contribution >= 0.6 is 0 Å². The van der Waals surface area contributed by atoms with Crippen LogP contribution in [0.1, 0.15) is 31.4 Å². The van der Waals surface area contributed by atoms with Gasteiger partial charge in [-0.25, -0.2) is 4.79 Å². The first-order valence-electron chi connectivity index (χ1n) is 9.25. The Morgan fingerprint density at radius 2 is 1.78 bits per heavy atom. The fourth-order valence-corrected chi connectivity index (χ4v) is 4.76. The molecule has 2 aromatic rings. The maximum Gasteiger partial charge on any atom is 0.329 e. The van der Waals surface area contributed by atoms with Gasteiger partial charge in [-0.2, -0.15) is 0 Å². The first kappa shape index (κ1) is 17.6. The second-order valence-corrected chi connectivity index (χ2v) is 7.66. The highest BCUT2D eigenvalue weighted by molar-refractivity contribution is 5.86. The number of benzene rings is 2. The molecule has 2 aromatic carbocycles. The van der Waals surface area contributed by atoms with Crippen LogP contribution in [0.15, 0.2) is 54.6 Å². The van der Waals surface area contributed by atoms with E-state index in [-0.39, 0.29) is 30.1 Å². The Bertz CT molecular complexity index is 882. The van der Waals surface area contributed by atoms with Gasteiger partial charge in [0.15, 0.2) is 0 Å². The Kier molecular flexibility index (Phi) is 4.17. The fraction of sp³-hybridized carbons (Fsp3) is 0.364. The molecule has 2 aliphatic rings. The summed E-state index contributed by atoms with van der Waals surface area (Å²) in [6.07, 6.45) is 0.383. The molecule has 0 bridgehead atoms. The summed E-state index contributed by atoms with van der Waals surface area (Å²) in [5.41, 5.74) is 2.94. The monoisotopic (exact) mass is 364 g/mol. The second-order valence-electron chi connectivity index (χ2n) is 7.66. The van der Waals surface area contributed by atoms with E-state index in [1.165, 1.54) is 12.5 Å². The van der Waals surface area contributed by atoms with Crippen LogP contribution in [0.25, 0.3) is 0 Å². The Balaban J connectivity index is 1.61. The number of carbonyl (C=O) groups excluding carboxylic acids is 2. The number of para-hydroxylation sites is 1. The number of fused-ring (bicyclic) bond motifs is 3. The topological polar surface area (TPSA) is 49.9 Å². The molecule has 140 valence electrons. The lowest BCUT2D eigenvalue weighted by atomic mass is 9.80. The van der Waals surface area contributed by atoms with Crippen molar-refractivity contribution in [2.45, 2.75) is 44.5 Å². The summed E-state index contributed by atoms with van der Waals surface area (Å²) >= 11 is 0. The molecule has 0 N–H and O–H groups in total. The van der Waals surface area contributed by atoms with Crippen molar-refractivity contribution in [3.63, 3.8) is 0 Å². The molecule has 1 amide bonds. The Morgan fingerprint density at radius 1 is 1.11 bits per heavy atom. The molecule has 2 heterocycles. The van der Waals surface area contributed by atoms with Gasteiger partial charge in [-0.05, 0) is 23.6 Å². The van der Waals surface area contributed by atoms with Crippen LogP contribution in [-0.4, -0.2) is 36.0 Å². The van der Waals surface area contributed by atoms with Crippen molar-refractivity contribution in [2.24, 2.45) is 0 Å². The smallest absolute Gasteiger partial charge is 0.329 e. The van der Waals surface area contributed by atoms with Crippen molar-refractivity contribution in [3.8, 4) is 0 Å². The summed E-state index contributed by atoms with van der Waals surface area (Å²) in [7, 11) is 1.99. The minimum absolute atomic E-state index is 0.106. The molecule has 0 aromatic heterocycles. The summed E-state index contributed by atoms with van der Waals surface area (Å²) in [5.74, 6) is -0.444. The van der Waals surface area contributed by atoms with Crippen molar-refractivity contribution >= 4 is 17.6 Å². The highest BCUT2D eigenvalue weighted by Gasteiger charge is 2.60. The molecule has 5 heteroatoms. The number of nitrogens with zero attached hydrogens (tertiary/aromatic N) is 2. The van der Waals surface area contributed by atoms with E-state index in [4.69, 9.17) is 4.74 Å². The second kappa shape index (κ2) is 6.41. The summed E-state index contributed by atoms with van der Waals surface area (Å²) in [4.78, 5) is 29.2. The summed E-state index contributed by atoms with van der Waals surface area (Å²) in [5, 5.41) is 0. The fourth-order valence-electron chi connectivity index (χ4n) is 4.76. The van der Waals surface area contributed by atoms with Gasteiger partial charge in [0.1, 0.15) is 18.8 Å². The quantitative estimate of drug-likeness (QED) is 0.786. The van der Waals surface area contributed by atoms with Crippen molar-refractivity contribution in [3.05, 3.63) is 65.7 Å². The van der Waals surface area contributed by atoms with Crippen molar-refractivity contribution < 1.29 is 14.3 Å². The zero-order valence-corrected chi connectivity index (χ0v) is 15.9. The van der Waals surface area contributed by atoms with E-state index in [0.717, 1.165) is 11.3 Å². The molecule has 1 fully saturated rings. The number of ether oxygens (including phenoxy) is 1. The lowest BCUT2D eigenvalue weighted by molar-refractivity contribution is -0.155. The summed E-state index contributed by atoms with van der Waals surface area (Å²) < 4.78 is 5.57. The van der Waals surface area contributed by atoms with Gasteiger partial charge >= 0.3 is 5.97 Å². The average Bonchev–Trinajstić information content (AvgIpc) is 3.10. The van der Waals surface area contributed by atoms with Crippen LogP contribution in [0.5, 0.6) is 0 Å². The van der Waals surface area contributed by atoms with Gasteiger partial charge in [-0.1, -0.05) is 55.5 Å². The van der Waals surface area contributed by atoms with Gasteiger partial charge in [0.2, 0.25) is 5.91 Å². The van der Waals surface area contributed by atoms with Crippen LogP contribution in [0.2, 0.25) is 0 Å². The normalized spacial score (nSPS) is 25.9. The third-order valence-electron chi connectivity index (χ3n) is 5.91. The van der Waals surface area contributed by atoms with Gasteiger partial charge < -0.3 is 14.5 Å². The largest absolute Gasteiger partial charge is 0.459 e. The predicted molar refractivity (Wildman–Crippen MR) is 103 cm³/mol. The SMILES string of the molecule is CC(=O)N1[C@H](C(=O)OCc2ccccc2)C[C@@]2(C)c3ccccc3N(C)[C@@H]12. The molecule has 0 saturated carbocycles. The van der Waals surface area contributed by atoms with E-state index < -0.39 is 6.04 Å². The highest BCUT2D eigenvalue weighted by atomic mass is 16.5. The minimum atomic E-state index is -0.572. The molecule has 4 rings (SSSR count). The third kappa shape index (κ3) is 2.69. The van der Waals surface area contributed by atoms with Crippen LogP contribution in [0.3, 0.4) is 0 Å². The Hall–Kier alpha value is -2.82. The lowest BCUT2D eigenvalue weighted by Gasteiger charge is -2.35. The van der Waals surface area contributed by atoms with Gasteiger partial charge in [-0.3, -0.25) is 4.79 Å². The number of rotatable bonds is 3. The predicted octanol–water partition coefficient (Wildman–Crippen LogP) is 3.08. The molecule has 2 aliphatic heterocycles. The average molecular weight is 364 g/mol. The zero-order valence-electron chi connectivity index (χ0n) is 15.9. The summed E-state index contributed by atoms with van der Waals surface area (Å²) in [6, 6.07) is 17.2. The van der Waals surface area contributed by atoms with Crippen LogP contribution in [0, 0.1) is 0 Å². The van der Waals surface area contributed by atoms with Crippen LogP contribution in [-0.2, 0) is 26.3 Å². The minimum Gasteiger partial charge on any atom is -0.459 e. The van der Waals surface area contributed by atoms with Gasteiger partial charge in [0.05, 0.1) is 0 Å². The molecule has 27 heavy (non-hydrogen) atoms. The summed E-state index contributed by atoms with van der Waals surface area (Å²) in [6.45, 7) is 3.89. The number of esters is 1. The number of carbonyl (C=O) groups is 2. The third-order valence-corrected chi connectivity index (χ3v) is 5.91. The zero-order chi connectivity index (χ0) is 19.2. The molecule has 3 atom stereocenters. The molecular weight excluding hydrogens is 340 g/mol. The van der Waals surface area contributed by atoms with Gasteiger partial charge in [-0.15, -0.1) is 0 Å². The number of anilines is 1. The number of amides is 1. The number of hydrogen-bond acceptors (Lipinski definition) is 4. The number of hydrogen-bond donors (Lipinski definition) is 0. The highest BCUT2D eigenvalue weighted by Crippen LogP contribution is 2.53. The lowest BCUT2D eigenvalue weighted by Crippen LogP contribution is -2.52. The maximum atomic E-state index is 12.9.